The molecular weight excluding hydrogens is 244 g/mol. The molecule has 1 saturated heterocycles. The summed E-state index contributed by atoms with van der Waals surface area (Å²) >= 11 is 0. The number of rotatable bonds is 6. The number of piperazine rings is 1. The molecule has 0 bridgehead atoms. The minimum absolute atomic E-state index is 0.00792. The lowest BCUT2D eigenvalue weighted by Crippen LogP contribution is -2.53. The Morgan fingerprint density at radius 1 is 1.37 bits per heavy atom. The van der Waals surface area contributed by atoms with Crippen LogP contribution in [0.3, 0.4) is 0 Å². The first kappa shape index (κ1) is 15.9. The molecule has 0 aromatic carbocycles. The van der Waals surface area contributed by atoms with Crippen LogP contribution in [-0.2, 0) is 9.59 Å². The summed E-state index contributed by atoms with van der Waals surface area (Å²) in [5, 5.41) is 6.04. The normalized spacial score (nSPS) is 17.8. The van der Waals surface area contributed by atoms with Crippen molar-refractivity contribution in [3.8, 4) is 0 Å². The van der Waals surface area contributed by atoms with Gasteiger partial charge in [-0.05, 0) is 13.3 Å². The van der Waals surface area contributed by atoms with Crippen LogP contribution in [0.25, 0.3) is 0 Å². The van der Waals surface area contributed by atoms with Crippen LogP contribution in [-0.4, -0.2) is 74.0 Å². The molecule has 19 heavy (non-hydrogen) atoms. The van der Waals surface area contributed by atoms with Gasteiger partial charge in [0.1, 0.15) is 0 Å². The third-order valence-electron chi connectivity index (χ3n) is 3.39. The first-order chi connectivity index (χ1) is 9.06. The van der Waals surface area contributed by atoms with E-state index in [-0.39, 0.29) is 24.4 Å². The minimum Gasteiger partial charge on any atom is -0.355 e. The van der Waals surface area contributed by atoms with Gasteiger partial charge < -0.3 is 15.5 Å². The summed E-state index contributed by atoms with van der Waals surface area (Å²) in [6.45, 7) is 8.29. The molecule has 1 heterocycles. The molecule has 1 unspecified atom stereocenters. The van der Waals surface area contributed by atoms with E-state index in [1.807, 2.05) is 13.8 Å². The Morgan fingerprint density at radius 3 is 2.58 bits per heavy atom. The molecule has 1 aliphatic heterocycles. The zero-order valence-electron chi connectivity index (χ0n) is 12.2. The number of carbonyl (C=O) groups is 2. The van der Waals surface area contributed by atoms with Gasteiger partial charge in [-0.3, -0.25) is 14.5 Å². The molecule has 110 valence electrons. The third kappa shape index (κ3) is 5.16. The number of carbonyl (C=O) groups excluding carboxylic acids is 2. The van der Waals surface area contributed by atoms with Gasteiger partial charge in [0.15, 0.2) is 0 Å². The maximum atomic E-state index is 12.2. The van der Waals surface area contributed by atoms with E-state index in [1.54, 1.807) is 7.05 Å². The van der Waals surface area contributed by atoms with Gasteiger partial charge in [0.05, 0.1) is 12.6 Å². The largest absolute Gasteiger partial charge is 0.355 e. The average Bonchev–Trinajstić information content (AvgIpc) is 2.44. The molecule has 6 nitrogen and oxygen atoms in total. The van der Waals surface area contributed by atoms with Crippen molar-refractivity contribution in [2.75, 3.05) is 46.3 Å². The van der Waals surface area contributed by atoms with E-state index in [9.17, 15) is 9.59 Å². The SMILES string of the molecule is CCCNC(=O)CN(C)C(=O)C(C)N1CCNCC1. The lowest BCUT2D eigenvalue weighted by molar-refractivity contribution is -0.138. The number of amides is 2. The molecule has 0 aromatic rings. The highest BCUT2D eigenvalue weighted by Crippen LogP contribution is 2.04. The van der Waals surface area contributed by atoms with Crippen molar-refractivity contribution >= 4 is 11.8 Å². The Hall–Kier alpha value is -1.14. The molecule has 0 aromatic heterocycles. The monoisotopic (exact) mass is 270 g/mol. The summed E-state index contributed by atoms with van der Waals surface area (Å²) < 4.78 is 0. The van der Waals surface area contributed by atoms with Crippen molar-refractivity contribution < 1.29 is 9.59 Å². The number of likely N-dealkylation sites (N-methyl/N-ethyl adjacent to an activating group) is 1. The molecule has 1 fully saturated rings. The maximum Gasteiger partial charge on any atom is 0.239 e. The summed E-state index contributed by atoms with van der Waals surface area (Å²) in [5.41, 5.74) is 0. The second-order valence-electron chi connectivity index (χ2n) is 5.01. The van der Waals surface area contributed by atoms with Gasteiger partial charge in [0, 0.05) is 39.8 Å². The Kier molecular flexibility index (Phi) is 6.80. The zero-order chi connectivity index (χ0) is 14.3. The molecule has 0 spiro atoms. The summed E-state index contributed by atoms with van der Waals surface area (Å²) in [5.74, 6) is -0.0845. The lowest BCUT2D eigenvalue weighted by Gasteiger charge is -2.33. The topological polar surface area (TPSA) is 64.7 Å². The summed E-state index contributed by atoms with van der Waals surface area (Å²) in [6, 6.07) is -0.161. The fourth-order valence-corrected chi connectivity index (χ4v) is 2.16. The van der Waals surface area contributed by atoms with Gasteiger partial charge in [-0.1, -0.05) is 6.92 Å². The standard InChI is InChI=1S/C13H26N4O2/c1-4-5-15-12(18)10-16(3)13(19)11(2)17-8-6-14-7-9-17/h11,14H,4-10H2,1-3H3,(H,15,18). The smallest absolute Gasteiger partial charge is 0.239 e. The molecule has 1 rings (SSSR count). The number of hydrogen-bond acceptors (Lipinski definition) is 4. The molecule has 1 atom stereocenters. The van der Waals surface area contributed by atoms with Crippen molar-refractivity contribution in [3.63, 3.8) is 0 Å². The van der Waals surface area contributed by atoms with Crippen molar-refractivity contribution in [3.05, 3.63) is 0 Å². The van der Waals surface area contributed by atoms with Gasteiger partial charge in [-0.2, -0.15) is 0 Å². The van der Waals surface area contributed by atoms with E-state index in [1.165, 1.54) is 4.90 Å². The number of nitrogens with one attached hydrogen (secondary N) is 2. The average molecular weight is 270 g/mol. The molecule has 0 aliphatic carbocycles. The Morgan fingerprint density at radius 2 is 2.00 bits per heavy atom. The highest BCUT2D eigenvalue weighted by molar-refractivity contribution is 5.87. The van der Waals surface area contributed by atoms with Crippen molar-refractivity contribution in [1.82, 2.24) is 20.4 Å². The van der Waals surface area contributed by atoms with Crippen molar-refractivity contribution in [1.29, 1.82) is 0 Å². The van der Waals surface area contributed by atoms with Crippen LogP contribution < -0.4 is 10.6 Å². The van der Waals surface area contributed by atoms with Gasteiger partial charge in [-0.15, -0.1) is 0 Å². The van der Waals surface area contributed by atoms with Crippen molar-refractivity contribution in [2.45, 2.75) is 26.3 Å². The quantitative estimate of drug-likeness (QED) is 0.667. The third-order valence-corrected chi connectivity index (χ3v) is 3.39. The lowest BCUT2D eigenvalue weighted by atomic mass is 10.2. The highest BCUT2D eigenvalue weighted by atomic mass is 16.2. The summed E-state index contributed by atoms with van der Waals surface area (Å²) in [7, 11) is 1.69. The molecule has 0 saturated carbocycles. The summed E-state index contributed by atoms with van der Waals surface area (Å²) in [6.07, 6.45) is 0.903. The number of hydrogen-bond donors (Lipinski definition) is 2. The van der Waals surface area contributed by atoms with Gasteiger partial charge in [-0.25, -0.2) is 0 Å². The van der Waals surface area contributed by atoms with Crippen LogP contribution in [0.1, 0.15) is 20.3 Å². The van der Waals surface area contributed by atoms with Gasteiger partial charge >= 0.3 is 0 Å². The summed E-state index contributed by atoms with van der Waals surface area (Å²) in [4.78, 5) is 27.5. The van der Waals surface area contributed by atoms with E-state index < -0.39 is 0 Å². The molecular formula is C13H26N4O2. The fraction of sp³-hybridized carbons (Fsp3) is 0.846. The second kappa shape index (κ2) is 8.12. The minimum atomic E-state index is -0.161. The van der Waals surface area contributed by atoms with Crippen LogP contribution >= 0.6 is 0 Å². The predicted octanol–water partition coefficient (Wildman–Crippen LogP) is -0.735. The van der Waals surface area contributed by atoms with E-state index in [4.69, 9.17) is 0 Å². The first-order valence-corrected chi connectivity index (χ1v) is 7.02. The Balaban J connectivity index is 2.39. The van der Waals surface area contributed by atoms with Crippen LogP contribution in [0.4, 0.5) is 0 Å². The van der Waals surface area contributed by atoms with Crippen LogP contribution in [0.5, 0.6) is 0 Å². The number of nitrogens with zero attached hydrogens (tertiary/aromatic N) is 2. The van der Waals surface area contributed by atoms with Gasteiger partial charge in [0.25, 0.3) is 0 Å². The molecule has 2 amide bonds. The Labute approximate surface area is 115 Å². The highest BCUT2D eigenvalue weighted by Gasteiger charge is 2.25. The second-order valence-corrected chi connectivity index (χ2v) is 5.01. The first-order valence-electron chi connectivity index (χ1n) is 7.02. The van der Waals surface area contributed by atoms with Crippen LogP contribution in [0, 0.1) is 0 Å². The van der Waals surface area contributed by atoms with E-state index >= 15 is 0 Å². The van der Waals surface area contributed by atoms with Crippen LogP contribution in [0.15, 0.2) is 0 Å². The van der Waals surface area contributed by atoms with Crippen molar-refractivity contribution in [2.24, 2.45) is 0 Å². The van der Waals surface area contributed by atoms with E-state index in [0.717, 1.165) is 32.6 Å². The molecule has 0 radical (unpaired) electrons. The molecule has 2 N–H and O–H groups in total. The van der Waals surface area contributed by atoms with Gasteiger partial charge in [0.2, 0.25) is 11.8 Å². The zero-order valence-corrected chi connectivity index (χ0v) is 12.2. The van der Waals surface area contributed by atoms with E-state index in [2.05, 4.69) is 15.5 Å². The Bertz CT molecular complexity index is 303. The maximum absolute atomic E-state index is 12.2. The fourth-order valence-electron chi connectivity index (χ4n) is 2.16. The van der Waals surface area contributed by atoms with E-state index in [0.29, 0.717) is 6.54 Å². The predicted molar refractivity (Wildman–Crippen MR) is 74.8 cm³/mol. The molecule has 1 aliphatic rings. The molecule has 6 heteroatoms. The van der Waals surface area contributed by atoms with Crippen LogP contribution in [0.2, 0.25) is 0 Å².